The minimum Gasteiger partial charge on any atom is -0.339 e. The molecule has 3 aromatic rings. The summed E-state index contributed by atoms with van der Waals surface area (Å²) in [6.07, 6.45) is 0.670. The van der Waals surface area contributed by atoms with Gasteiger partial charge in [0.15, 0.2) is 5.13 Å². The molecule has 118 valence electrons. The molecule has 0 saturated carbocycles. The zero-order valence-corrected chi connectivity index (χ0v) is 13.7. The normalized spacial score (nSPS) is 10.7. The van der Waals surface area contributed by atoms with Crippen molar-refractivity contribution in [1.29, 1.82) is 0 Å². The molecule has 0 saturated heterocycles. The first-order chi connectivity index (χ1) is 11.1. The Morgan fingerprint density at radius 2 is 2.17 bits per heavy atom. The van der Waals surface area contributed by atoms with Crippen LogP contribution in [0, 0.1) is 13.8 Å². The maximum absolute atomic E-state index is 11.9. The molecule has 3 rings (SSSR count). The van der Waals surface area contributed by atoms with Gasteiger partial charge in [-0.15, -0.1) is 11.3 Å². The molecule has 0 spiro atoms. The molecule has 2 heterocycles. The first kappa shape index (κ1) is 15.4. The maximum atomic E-state index is 11.9. The highest BCUT2D eigenvalue weighted by atomic mass is 32.1. The van der Waals surface area contributed by atoms with E-state index in [0.29, 0.717) is 23.3 Å². The molecule has 0 atom stereocenters. The Morgan fingerprint density at radius 1 is 1.30 bits per heavy atom. The summed E-state index contributed by atoms with van der Waals surface area (Å²) in [4.78, 5) is 20.4. The van der Waals surface area contributed by atoms with Crippen LogP contribution in [0.25, 0.3) is 11.4 Å². The van der Waals surface area contributed by atoms with Crippen molar-refractivity contribution in [1.82, 2.24) is 15.1 Å². The van der Waals surface area contributed by atoms with Crippen LogP contribution in [-0.4, -0.2) is 21.0 Å². The van der Waals surface area contributed by atoms with Crippen LogP contribution in [0.5, 0.6) is 0 Å². The number of benzene rings is 1. The minimum absolute atomic E-state index is 0.116. The summed E-state index contributed by atoms with van der Waals surface area (Å²) >= 11 is 1.41. The summed E-state index contributed by atoms with van der Waals surface area (Å²) < 4.78 is 5.21. The van der Waals surface area contributed by atoms with Gasteiger partial charge in [-0.1, -0.05) is 28.9 Å². The Bertz CT molecular complexity index is 825. The van der Waals surface area contributed by atoms with Crippen molar-refractivity contribution in [3.05, 3.63) is 46.8 Å². The second kappa shape index (κ2) is 6.70. The summed E-state index contributed by atoms with van der Waals surface area (Å²) in [6.45, 7) is 3.90. The van der Waals surface area contributed by atoms with Gasteiger partial charge < -0.3 is 9.84 Å². The van der Waals surface area contributed by atoms with Gasteiger partial charge in [-0.3, -0.25) is 4.79 Å². The number of hydrogen-bond donors (Lipinski definition) is 1. The van der Waals surface area contributed by atoms with Crippen LogP contribution in [0.15, 0.2) is 34.2 Å². The van der Waals surface area contributed by atoms with Crippen molar-refractivity contribution in [2.75, 3.05) is 5.32 Å². The highest BCUT2D eigenvalue weighted by Crippen LogP contribution is 2.18. The third-order valence-corrected chi connectivity index (χ3v) is 4.05. The number of anilines is 1. The number of rotatable bonds is 5. The van der Waals surface area contributed by atoms with Crippen molar-refractivity contribution in [3.8, 4) is 11.4 Å². The number of carbonyl (C=O) groups excluding carboxylic acids is 1. The lowest BCUT2D eigenvalue weighted by atomic mass is 10.1. The van der Waals surface area contributed by atoms with Gasteiger partial charge in [-0.05, 0) is 19.9 Å². The third-order valence-electron chi connectivity index (χ3n) is 3.18. The van der Waals surface area contributed by atoms with Gasteiger partial charge in [-0.25, -0.2) is 4.98 Å². The number of aromatic nitrogens is 3. The van der Waals surface area contributed by atoms with E-state index >= 15 is 0 Å². The molecule has 0 radical (unpaired) electrons. The summed E-state index contributed by atoms with van der Waals surface area (Å²) in [5.41, 5.74) is 2.93. The van der Waals surface area contributed by atoms with E-state index in [1.807, 2.05) is 43.5 Å². The quantitative estimate of drug-likeness (QED) is 0.776. The van der Waals surface area contributed by atoms with Gasteiger partial charge in [-0.2, -0.15) is 4.98 Å². The zero-order chi connectivity index (χ0) is 16.2. The van der Waals surface area contributed by atoms with Gasteiger partial charge in [0.25, 0.3) is 0 Å². The topological polar surface area (TPSA) is 80.9 Å². The predicted octanol–water partition coefficient (Wildman–Crippen LogP) is 3.38. The van der Waals surface area contributed by atoms with Crippen LogP contribution in [0.2, 0.25) is 0 Å². The Balaban J connectivity index is 1.58. The van der Waals surface area contributed by atoms with Crippen molar-refractivity contribution in [2.45, 2.75) is 26.7 Å². The van der Waals surface area contributed by atoms with Gasteiger partial charge in [0.1, 0.15) is 0 Å². The fourth-order valence-electron chi connectivity index (χ4n) is 2.07. The van der Waals surface area contributed by atoms with Crippen LogP contribution in [0.4, 0.5) is 5.13 Å². The minimum atomic E-state index is -0.116. The van der Waals surface area contributed by atoms with E-state index in [0.717, 1.165) is 16.8 Å². The van der Waals surface area contributed by atoms with E-state index in [-0.39, 0.29) is 12.3 Å². The molecule has 1 amide bonds. The molecule has 0 unspecified atom stereocenters. The fourth-order valence-corrected chi connectivity index (χ4v) is 2.78. The summed E-state index contributed by atoms with van der Waals surface area (Å²) in [5.74, 6) is 0.876. The lowest BCUT2D eigenvalue weighted by molar-refractivity contribution is -0.116. The molecular weight excluding hydrogens is 312 g/mol. The van der Waals surface area contributed by atoms with E-state index < -0.39 is 0 Å². The maximum Gasteiger partial charge on any atom is 0.227 e. The first-order valence-corrected chi connectivity index (χ1v) is 8.10. The molecular formula is C16H16N4O2S. The average molecular weight is 328 g/mol. The van der Waals surface area contributed by atoms with Crippen LogP contribution in [0.3, 0.4) is 0 Å². The Hall–Kier alpha value is -2.54. The number of carbonyl (C=O) groups is 1. The van der Waals surface area contributed by atoms with Crippen LogP contribution >= 0.6 is 11.3 Å². The SMILES string of the molecule is Cc1cccc(-c2noc(CCC(=O)Nc3nc(C)cs3)n2)c1. The Morgan fingerprint density at radius 3 is 2.91 bits per heavy atom. The first-order valence-electron chi connectivity index (χ1n) is 7.22. The van der Waals surface area contributed by atoms with E-state index in [9.17, 15) is 4.79 Å². The lowest BCUT2D eigenvalue weighted by Gasteiger charge is -1.98. The Labute approximate surface area is 137 Å². The van der Waals surface area contributed by atoms with Gasteiger partial charge in [0.2, 0.25) is 17.6 Å². The molecule has 2 aromatic heterocycles. The largest absolute Gasteiger partial charge is 0.339 e. The highest BCUT2D eigenvalue weighted by Gasteiger charge is 2.11. The molecule has 0 bridgehead atoms. The second-order valence-corrected chi connectivity index (χ2v) is 6.08. The smallest absolute Gasteiger partial charge is 0.227 e. The van der Waals surface area contributed by atoms with Gasteiger partial charge in [0, 0.05) is 23.8 Å². The van der Waals surface area contributed by atoms with E-state index in [1.165, 1.54) is 11.3 Å². The molecule has 0 aliphatic rings. The number of hydrogen-bond acceptors (Lipinski definition) is 6. The zero-order valence-electron chi connectivity index (χ0n) is 12.9. The number of thiazole rings is 1. The van der Waals surface area contributed by atoms with Crippen LogP contribution < -0.4 is 5.32 Å². The van der Waals surface area contributed by atoms with Crippen molar-refractivity contribution < 1.29 is 9.32 Å². The summed E-state index contributed by atoms with van der Waals surface area (Å²) in [6, 6.07) is 7.88. The predicted molar refractivity (Wildman–Crippen MR) is 88.3 cm³/mol. The molecule has 7 heteroatoms. The molecule has 6 nitrogen and oxygen atoms in total. The molecule has 0 fully saturated rings. The van der Waals surface area contributed by atoms with Crippen LogP contribution in [0.1, 0.15) is 23.6 Å². The summed E-state index contributed by atoms with van der Waals surface area (Å²) in [7, 11) is 0. The highest BCUT2D eigenvalue weighted by molar-refractivity contribution is 7.13. The van der Waals surface area contributed by atoms with E-state index in [1.54, 1.807) is 0 Å². The number of aryl methyl sites for hydroxylation is 3. The lowest BCUT2D eigenvalue weighted by Crippen LogP contribution is -2.12. The molecule has 23 heavy (non-hydrogen) atoms. The van der Waals surface area contributed by atoms with E-state index in [4.69, 9.17) is 4.52 Å². The molecule has 0 aliphatic carbocycles. The average Bonchev–Trinajstić information content (AvgIpc) is 3.14. The van der Waals surface area contributed by atoms with Crippen molar-refractivity contribution in [2.24, 2.45) is 0 Å². The molecule has 1 aromatic carbocycles. The second-order valence-electron chi connectivity index (χ2n) is 5.22. The monoisotopic (exact) mass is 328 g/mol. The standard InChI is InChI=1S/C16H16N4O2S/c1-10-4-3-5-12(8-10)15-19-14(22-20-15)7-6-13(21)18-16-17-11(2)9-23-16/h3-5,8-9H,6-7H2,1-2H3,(H,17,18,21). The molecule has 1 N–H and O–H groups in total. The van der Waals surface area contributed by atoms with Crippen molar-refractivity contribution >= 4 is 22.4 Å². The number of nitrogens with zero attached hydrogens (tertiary/aromatic N) is 3. The van der Waals surface area contributed by atoms with E-state index in [2.05, 4.69) is 20.4 Å². The number of amides is 1. The number of nitrogens with one attached hydrogen (secondary N) is 1. The van der Waals surface area contributed by atoms with Crippen LogP contribution in [-0.2, 0) is 11.2 Å². The van der Waals surface area contributed by atoms with Crippen molar-refractivity contribution in [3.63, 3.8) is 0 Å². The molecule has 0 aliphatic heterocycles. The van der Waals surface area contributed by atoms with Gasteiger partial charge >= 0.3 is 0 Å². The summed E-state index contributed by atoms with van der Waals surface area (Å²) in [5, 5.41) is 9.22. The third kappa shape index (κ3) is 4.01. The van der Waals surface area contributed by atoms with Gasteiger partial charge in [0.05, 0.1) is 5.69 Å². The fraction of sp³-hybridized carbons (Fsp3) is 0.250. The Kier molecular flexibility index (Phi) is 4.47.